The largest absolute Gasteiger partial charge is 0.455 e. The summed E-state index contributed by atoms with van der Waals surface area (Å²) < 4.78 is 18.5. The van der Waals surface area contributed by atoms with Crippen LogP contribution >= 0.6 is 0 Å². The number of esters is 2. The Hall–Kier alpha value is -2.55. The number of hydrogen-bond donors (Lipinski definition) is 2. The van der Waals surface area contributed by atoms with Crippen molar-refractivity contribution in [3.8, 4) is 0 Å². The van der Waals surface area contributed by atoms with Crippen molar-refractivity contribution in [2.75, 3.05) is 6.61 Å². The molecule has 1 saturated heterocycles. The number of ether oxygens (including phenoxy) is 3. The number of rotatable bonds is 4. The average molecular weight is 555 g/mol. The highest BCUT2D eigenvalue weighted by Gasteiger charge is 2.77. The van der Waals surface area contributed by atoms with E-state index in [9.17, 15) is 24.6 Å². The van der Waals surface area contributed by atoms with Gasteiger partial charge in [0.1, 0.15) is 23.6 Å². The van der Waals surface area contributed by atoms with Crippen LogP contribution in [0.4, 0.5) is 0 Å². The van der Waals surface area contributed by atoms with E-state index in [1.54, 1.807) is 30.3 Å². The van der Waals surface area contributed by atoms with E-state index >= 15 is 0 Å². The highest BCUT2D eigenvalue weighted by molar-refractivity contribution is 5.92. The van der Waals surface area contributed by atoms with Crippen LogP contribution in [0.25, 0.3) is 0 Å². The maximum Gasteiger partial charge on any atom is 0.338 e. The molecule has 0 radical (unpaired) electrons. The Morgan fingerprint density at radius 1 is 1.15 bits per heavy atom. The molecule has 5 rings (SSSR count). The Kier molecular flexibility index (Phi) is 6.88. The van der Waals surface area contributed by atoms with Crippen molar-refractivity contribution in [2.45, 2.75) is 97.2 Å². The molecule has 1 aliphatic heterocycles. The minimum Gasteiger partial charge on any atom is -0.455 e. The van der Waals surface area contributed by atoms with Gasteiger partial charge in [0, 0.05) is 30.1 Å². The van der Waals surface area contributed by atoms with Crippen molar-refractivity contribution in [2.24, 2.45) is 28.6 Å². The minimum atomic E-state index is -1.80. The molecule has 9 atom stereocenters. The summed E-state index contributed by atoms with van der Waals surface area (Å²) in [7, 11) is 0. The van der Waals surface area contributed by atoms with Gasteiger partial charge in [0.05, 0.1) is 24.2 Å². The summed E-state index contributed by atoms with van der Waals surface area (Å²) in [5.74, 6) is -2.99. The second-order valence-corrected chi connectivity index (χ2v) is 13.1. The summed E-state index contributed by atoms with van der Waals surface area (Å²) in [6.45, 7) is 12.6. The predicted octanol–water partition coefficient (Wildman–Crippen LogP) is 4.02. The third kappa shape index (κ3) is 3.71. The Balaban J connectivity index is 1.83. The van der Waals surface area contributed by atoms with Crippen LogP contribution in [-0.4, -0.2) is 64.1 Å². The number of fused-ring (bicyclic) bond motifs is 5. The molecule has 8 nitrogen and oxygen atoms in total. The first-order chi connectivity index (χ1) is 18.7. The lowest BCUT2D eigenvalue weighted by Crippen LogP contribution is -2.80. The number of aliphatic hydroxyl groups is 2. The van der Waals surface area contributed by atoms with Crippen LogP contribution in [-0.2, 0) is 23.8 Å². The normalized spacial score (nSPS) is 42.0. The molecule has 1 aromatic rings. The number of hydrogen-bond acceptors (Lipinski definition) is 8. The molecule has 3 aliphatic carbocycles. The van der Waals surface area contributed by atoms with Crippen molar-refractivity contribution in [3.05, 3.63) is 47.0 Å². The molecule has 3 fully saturated rings. The fourth-order valence-corrected chi connectivity index (χ4v) is 8.89. The average Bonchev–Trinajstić information content (AvgIpc) is 2.89. The van der Waals surface area contributed by atoms with E-state index in [2.05, 4.69) is 0 Å². The van der Waals surface area contributed by atoms with Crippen LogP contribution in [0.3, 0.4) is 0 Å². The SMILES string of the molecule is CC[C@H]1C[C@H]2OC[C@@]2(OC(C)=O)C2[C@H](OC(=O)c3ccccc3)[C@]3(O)C[C@H](O)C(C)=C([C@@H](C)C(=O)[C@@]21C)C3(C)C. The summed E-state index contributed by atoms with van der Waals surface area (Å²) in [5, 5.41) is 24.2. The van der Waals surface area contributed by atoms with E-state index in [0.717, 1.165) is 0 Å². The molecule has 2 bridgehead atoms. The monoisotopic (exact) mass is 554 g/mol. The van der Waals surface area contributed by atoms with Gasteiger partial charge in [-0.2, -0.15) is 0 Å². The van der Waals surface area contributed by atoms with Gasteiger partial charge in [-0.05, 0) is 42.5 Å². The van der Waals surface area contributed by atoms with Gasteiger partial charge in [0.2, 0.25) is 0 Å². The maximum absolute atomic E-state index is 14.9. The number of aliphatic hydroxyl groups excluding tert-OH is 1. The van der Waals surface area contributed by atoms with Gasteiger partial charge in [0.15, 0.2) is 5.60 Å². The van der Waals surface area contributed by atoms with Gasteiger partial charge in [0.25, 0.3) is 0 Å². The smallest absolute Gasteiger partial charge is 0.338 e. The Morgan fingerprint density at radius 2 is 1.80 bits per heavy atom. The molecule has 8 heteroatoms. The van der Waals surface area contributed by atoms with E-state index < -0.39 is 64.1 Å². The second-order valence-electron chi connectivity index (χ2n) is 13.1. The van der Waals surface area contributed by atoms with Crippen LogP contribution in [0.5, 0.6) is 0 Å². The van der Waals surface area contributed by atoms with Crippen molar-refractivity contribution in [1.82, 2.24) is 0 Å². The molecule has 0 amide bonds. The lowest BCUT2D eigenvalue weighted by molar-refractivity contribution is -0.341. The Morgan fingerprint density at radius 3 is 2.35 bits per heavy atom. The third-order valence-electron chi connectivity index (χ3n) is 11.0. The van der Waals surface area contributed by atoms with Crippen molar-refractivity contribution < 1.29 is 38.8 Å². The van der Waals surface area contributed by atoms with Crippen molar-refractivity contribution in [3.63, 3.8) is 0 Å². The first-order valence-electron chi connectivity index (χ1n) is 14.4. The lowest BCUT2D eigenvalue weighted by atomic mass is 9.42. The second kappa shape index (κ2) is 9.50. The molecule has 0 spiro atoms. The van der Waals surface area contributed by atoms with Crippen LogP contribution < -0.4 is 0 Å². The highest BCUT2D eigenvalue weighted by atomic mass is 16.6. The first-order valence-corrected chi connectivity index (χ1v) is 14.4. The standard InChI is InChI=1S/C32H42O8/c1-8-21-14-23-31(16-38-23,40-19(4)33)25-27(39-28(36)20-12-10-9-11-13-20)32(37)15-22(34)17(2)24(29(32,5)6)18(3)26(35)30(21,25)7/h9-13,18,21-23,25,27,34,37H,8,14-16H2,1-7H3/t18-,21+,22+,23-,25?,27+,30-,31+,32-/m1/s1. The van der Waals surface area contributed by atoms with E-state index in [1.807, 2.05) is 41.5 Å². The van der Waals surface area contributed by atoms with Gasteiger partial charge in [-0.15, -0.1) is 0 Å². The van der Waals surface area contributed by atoms with Crippen molar-refractivity contribution in [1.29, 1.82) is 0 Å². The van der Waals surface area contributed by atoms with Crippen LogP contribution in [0.1, 0.15) is 78.1 Å². The molecule has 2 N–H and O–H groups in total. The highest BCUT2D eigenvalue weighted by Crippen LogP contribution is 2.66. The number of benzene rings is 1. The Labute approximate surface area is 236 Å². The van der Waals surface area contributed by atoms with E-state index in [0.29, 0.717) is 29.6 Å². The van der Waals surface area contributed by atoms with E-state index in [1.165, 1.54) is 6.92 Å². The van der Waals surface area contributed by atoms with Crippen LogP contribution in [0.2, 0.25) is 0 Å². The molecular formula is C32H42O8. The first kappa shape index (κ1) is 29.0. The zero-order chi connectivity index (χ0) is 29.4. The summed E-state index contributed by atoms with van der Waals surface area (Å²) >= 11 is 0. The number of carbonyl (C=O) groups excluding carboxylic acids is 3. The van der Waals surface area contributed by atoms with Crippen LogP contribution in [0.15, 0.2) is 41.5 Å². The molecular weight excluding hydrogens is 512 g/mol. The molecule has 218 valence electrons. The zero-order valence-electron chi connectivity index (χ0n) is 24.5. The summed E-state index contributed by atoms with van der Waals surface area (Å²) in [4.78, 5) is 41.2. The maximum atomic E-state index is 14.9. The topological polar surface area (TPSA) is 119 Å². The van der Waals surface area contributed by atoms with E-state index in [4.69, 9.17) is 14.2 Å². The van der Waals surface area contributed by atoms with Crippen LogP contribution in [0, 0.1) is 28.6 Å². The molecule has 1 heterocycles. The summed E-state index contributed by atoms with van der Waals surface area (Å²) in [6, 6.07) is 8.49. The summed E-state index contributed by atoms with van der Waals surface area (Å²) in [5.41, 5.74) is -3.66. The lowest BCUT2D eigenvalue weighted by Gasteiger charge is -2.68. The zero-order valence-corrected chi connectivity index (χ0v) is 24.5. The quantitative estimate of drug-likeness (QED) is 0.423. The van der Waals surface area contributed by atoms with Gasteiger partial charge >= 0.3 is 11.9 Å². The Bertz CT molecular complexity index is 1250. The van der Waals surface area contributed by atoms with Gasteiger partial charge in [-0.25, -0.2) is 4.79 Å². The summed E-state index contributed by atoms with van der Waals surface area (Å²) in [6.07, 6.45) is -1.82. The molecule has 40 heavy (non-hydrogen) atoms. The third-order valence-corrected chi connectivity index (χ3v) is 11.0. The minimum absolute atomic E-state index is 0.0236. The number of carbonyl (C=O) groups is 3. The fraction of sp³-hybridized carbons (Fsp3) is 0.656. The predicted molar refractivity (Wildman–Crippen MR) is 146 cm³/mol. The molecule has 2 saturated carbocycles. The van der Waals surface area contributed by atoms with Gasteiger partial charge < -0.3 is 24.4 Å². The molecule has 4 aliphatic rings. The molecule has 0 aromatic heterocycles. The van der Waals surface area contributed by atoms with Gasteiger partial charge in [-0.3, -0.25) is 9.59 Å². The van der Waals surface area contributed by atoms with Crippen molar-refractivity contribution >= 4 is 17.7 Å². The number of Topliss-reactive ketones (excluding diaryl/α,β-unsaturated/α-hetero) is 1. The molecule has 1 unspecified atom stereocenters. The van der Waals surface area contributed by atoms with E-state index in [-0.39, 0.29) is 24.7 Å². The molecule has 1 aromatic carbocycles. The fourth-order valence-electron chi connectivity index (χ4n) is 8.89. The number of ketones is 1. The van der Waals surface area contributed by atoms with Gasteiger partial charge in [-0.1, -0.05) is 59.2 Å².